The molecular formula is C13H19N3O2. The van der Waals surface area contributed by atoms with Crippen molar-refractivity contribution >= 4 is 12.2 Å². The van der Waals surface area contributed by atoms with Gasteiger partial charge in [0.25, 0.3) is 0 Å². The quantitative estimate of drug-likeness (QED) is 0.802. The molecule has 2 heterocycles. The van der Waals surface area contributed by atoms with Crippen LogP contribution in [0.1, 0.15) is 24.3 Å². The van der Waals surface area contributed by atoms with Crippen molar-refractivity contribution in [1.82, 2.24) is 9.88 Å². The van der Waals surface area contributed by atoms with Crippen molar-refractivity contribution in [2.24, 2.45) is 0 Å². The Hall–Kier alpha value is -1.62. The highest BCUT2D eigenvalue weighted by Crippen LogP contribution is 2.20. The summed E-state index contributed by atoms with van der Waals surface area (Å²) < 4.78 is 0. The third kappa shape index (κ3) is 2.61. The molecule has 0 bridgehead atoms. The molecule has 1 fully saturated rings. The van der Waals surface area contributed by atoms with Crippen molar-refractivity contribution in [2.75, 3.05) is 31.1 Å². The van der Waals surface area contributed by atoms with E-state index in [4.69, 9.17) is 0 Å². The maximum atomic E-state index is 10.6. The first kappa shape index (κ1) is 12.8. The van der Waals surface area contributed by atoms with E-state index in [1.54, 1.807) is 11.8 Å². The highest BCUT2D eigenvalue weighted by atomic mass is 16.3. The molecule has 0 aromatic carbocycles. The van der Waals surface area contributed by atoms with Crippen LogP contribution in [-0.4, -0.2) is 47.6 Å². The first-order valence-corrected chi connectivity index (χ1v) is 6.21. The largest absolute Gasteiger partial charge is 0.389 e. The molecule has 18 heavy (non-hydrogen) atoms. The topological polar surface area (TPSA) is 56.7 Å². The van der Waals surface area contributed by atoms with Gasteiger partial charge in [0.2, 0.25) is 6.41 Å². The Labute approximate surface area is 107 Å². The Morgan fingerprint density at radius 2 is 2.00 bits per heavy atom. The summed E-state index contributed by atoms with van der Waals surface area (Å²) in [5.41, 5.74) is 1.73. The number of aliphatic hydroxyl groups excluding tert-OH is 1. The lowest BCUT2D eigenvalue weighted by atomic mass is 10.1. The number of hydrogen-bond acceptors (Lipinski definition) is 4. The molecule has 1 atom stereocenters. The molecule has 1 aliphatic heterocycles. The number of aliphatic hydroxyl groups is 1. The van der Waals surface area contributed by atoms with Crippen molar-refractivity contribution in [3.63, 3.8) is 0 Å². The van der Waals surface area contributed by atoms with Crippen LogP contribution in [0.25, 0.3) is 0 Å². The Kier molecular flexibility index (Phi) is 3.81. The molecule has 98 valence electrons. The number of aryl methyl sites for hydroxylation is 1. The second-order valence-corrected chi connectivity index (χ2v) is 4.65. The van der Waals surface area contributed by atoms with Gasteiger partial charge in [-0.3, -0.25) is 4.79 Å². The first-order chi connectivity index (χ1) is 8.61. The van der Waals surface area contributed by atoms with Crippen LogP contribution in [0.15, 0.2) is 12.1 Å². The number of carbonyl (C=O) groups excluding carboxylic acids is 1. The molecule has 0 spiro atoms. The lowest BCUT2D eigenvalue weighted by Gasteiger charge is -2.33. The summed E-state index contributed by atoms with van der Waals surface area (Å²) in [6, 6.07) is 3.86. The van der Waals surface area contributed by atoms with Gasteiger partial charge in [-0.1, -0.05) is 6.07 Å². The summed E-state index contributed by atoms with van der Waals surface area (Å²) in [5, 5.41) is 9.57. The average Bonchev–Trinajstić information content (AvgIpc) is 2.38. The zero-order chi connectivity index (χ0) is 13.1. The zero-order valence-corrected chi connectivity index (χ0v) is 10.8. The molecule has 0 saturated carbocycles. The third-order valence-electron chi connectivity index (χ3n) is 3.35. The molecule has 5 nitrogen and oxygen atoms in total. The van der Waals surface area contributed by atoms with Gasteiger partial charge in [0, 0.05) is 37.4 Å². The maximum Gasteiger partial charge on any atom is 0.209 e. The number of pyridine rings is 1. The molecule has 5 heteroatoms. The van der Waals surface area contributed by atoms with Crippen molar-refractivity contribution < 1.29 is 9.90 Å². The minimum Gasteiger partial charge on any atom is -0.389 e. The third-order valence-corrected chi connectivity index (χ3v) is 3.35. The van der Waals surface area contributed by atoms with Gasteiger partial charge in [-0.15, -0.1) is 0 Å². The van der Waals surface area contributed by atoms with E-state index in [1.807, 2.05) is 19.1 Å². The van der Waals surface area contributed by atoms with E-state index >= 15 is 0 Å². The summed E-state index contributed by atoms with van der Waals surface area (Å²) >= 11 is 0. The lowest BCUT2D eigenvalue weighted by Crippen LogP contribution is -2.46. The van der Waals surface area contributed by atoms with Gasteiger partial charge in [0.1, 0.15) is 5.82 Å². The lowest BCUT2D eigenvalue weighted by molar-refractivity contribution is -0.118. The number of nitrogens with zero attached hydrogens (tertiary/aromatic N) is 3. The minimum atomic E-state index is -0.488. The summed E-state index contributed by atoms with van der Waals surface area (Å²) in [7, 11) is 0. The Morgan fingerprint density at radius 1 is 1.33 bits per heavy atom. The summed E-state index contributed by atoms with van der Waals surface area (Å²) in [6.07, 6.45) is 0.408. The van der Waals surface area contributed by atoms with Gasteiger partial charge in [-0.05, 0) is 19.9 Å². The predicted octanol–water partition coefficient (Wildman–Crippen LogP) is 0.722. The van der Waals surface area contributed by atoms with Gasteiger partial charge >= 0.3 is 0 Å². The van der Waals surface area contributed by atoms with Crippen LogP contribution < -0.4 is 4.90 Å². The van der Waals surface area contributed by atoms with Crippen molar-refractivity contribution in [2.45, 2.75) is 20.0 Å². The maximum absolute atomic E-state index is 10.6. The van der Waals surface area contributed by atoms with Crippen molar-refractivity contribution in [3.05, 3.63) is 23.4 Å². The average molecular weight is 249 g/mol. The standard InChI is InChI=1S/C13H19N3O2/c1-10-12(11(2)18)3-4-13(14-10)16-7-5-15(9-17)6-8-16/h3-4,9,11,18H,5-8H2,1-2H3/t11-/m1/s1. The first-order valence-electron chi connectivity index (χ1n) is 6.21. The van der Waals surface area contributed by atoms with Gasteiger partial charge in [0.05, 0.1) is 6.10 Å². The fourth-order valence-corrected chi connectivity index (χ4v) is 2.23. The van der Waals surface area contributed by atoms with Crippen LogP contribution in [0.4, 0.5) is 5.82 Å². The van der Waals surface area contributed by atoms with Crippen LogP contribution in [0, 0.1) is 6.92 Å². The van der Waals surface area contributed by atoms with Gasteiger partial charge in [0.15, 0.2) is 0 Å². The monoisotopic (exact) mass is 249 g/mol. The van der Waals surface area contributed by atoms with E-state index in [0.717, 1.165) is 49.7 Å². The molecule has 2 rings (SSSR count). The number of hydrogen-bond donors (Lipinski definition) is 1. The molecule has 1 aliphatic rings. The number of rotatable bonds is 3. The molecule has 0 aliphatic carbocycles. The summed E-state index contributed by atoms with van der Waals surface area (Å²) in [4.78, 5) is 19.1. The van der Waals surface area contributed by atoms with E-state index in [-0.39, 0.29) is 0 Å². The number of carbonyl (C=O) groups is 1. The Morgan fingerprint density at radius 3 is 2.50 bits per heavy atom. The second kappa shape index (κ2) is 5.35. The van der Waals surface area contributed by atoms with E-state index in [1.165, 1.54) is 0 Å². The molecule has 0 radical (unpaired) electrons. The SMILES string of the molecule is Cc1nc(N2CCN(C=O)CC2)ccc1[C@@H](C)O. The van der Waals surface area contributed by atoms with Crippen LogP contribution in [0.3, 0.4) is 0 Å². The van der Waals surface area contributed by atoms with Crippen LogP contribution in [0.2, 0.25) is 0 Å². The zero-order valence-electron chi connectivity index (χ0n) is 10.8. The van der Waals surface area contributed by atoms with E-state index in [9.17, 15) is 9.90 Å². The fraction of sp³-hybridized carbons (Fsp3) is 0.538. The minimum absolute atomic E-state index is 0.488. The molecule has 1 aromatic heterocycles. The fourth-order valence-electron chi connectivity index (χ4n) is 2.23. The number of amides is 1. The molecule has 1 N–H and O–H groups in total. The van der Waals surface area contributed by atoms with Crippen molar-refractivity contribution in [3.8, 4) is 0 Å². The highest BCUT2D eigenvalue weighted by molar-refractivity contribution is 5.49. The number of aromatic nitrogens is 1. The number of anilines is 1. The second-order valence-electron chi connectivity index (χ2n) is 4.65. The van der Waals surface area contributed by atoms with Crippen molar-refractivity contribution in [1.29, 1.82) is 0 Å². The molecule has 0 unspecified atom stereocenters. The van der Waals surface area contributed by atoms with Crippen LogP contribution >= 0.6 is 0 Å². The normalized spacial score (nSPS) is 17.7. The van der Waals surface area contributed by atoms with Gasteiger partial charge in [-0.25, -0.2) is 4.98 Å². The highest BCUT2D eigenvalue weighted by Gasteiger charge is 2.17. The molecular weight excluding hydrogens is 230 g/mol. The van der Waals surface area contributed by atoms with E-state index in [0.29, 0.717) is 0 Å². The molecule has 1 aromatic rings. The summed E-state index contributed by atoms with van der Waals surface area (Å²) in [6.45, 7) is 6.74. The number of piperazine rings is 1. The van der Waals surface area contributed by atoms with Gasteiger partial charge < -0.3 is 14.9 Å². The Balaban J connectivity index is 2.10. The van der Waals surface area contributed by atoms with Gasteiger partial charge in [-0.2, -0.15) is 0 Å². The molecule has 1 saturated heterocycles. The van der Waals surface area contributed by atoms with Crippen LogP contribution in [-0.2, 0) is 4.79 Å². The molecule has 1 amide bonds. The summed E-state index contributed by atoms with van der Waals surface area (Å²) in [5.74, 6) is 0.919. The Bertz CT molecular complexity index is 426. The predicted molar refractivity (Wildman–Crippen MR) is 69.5 cm³/mol. The van der Waals surface area contributed by atoms with Crippen LogP contribution in [0.5, 0.6) is 0 Å². The van der Waals surface area contributed by atoms with E-state index < -0.39 is 6.10 Å². The smallest absolute Gasteiger partial charge is 0.209 e. The van der Waals surface area contributed by atoms with E-state index in [2.05, 4.69) is 9.88 Å².